The Bertz CT molecular complexity index is 610. The largest absolute Gasteiger partial charge is 0.367 e. The van der Waals surface area contributed by atoms with E-state index in [1.54, 1.807) is 0 Å². The van der Waals surface area contributed by atoms with Crippen molar-refractivity contribution >= 4 is 5.91 Å². The molecule has 3 rings (SSSR count). The lowest BCUT2D eigenvalue weighted by Gasteiger charge is -2.28. The summed E-state index contributed by atoms with van der Waals surface area (Å²) in [5.41, 5.74) is 3.70. The molecule has 3 nitrogen and oxygen atoms in total. The van der Waals surface area contributed by atoms with Crippen LogP contribution in [0.1, 0.15) is 16.7 Å². The highest BCUT2D eigenvalue weighted by Crippen LogP contribution is 2.18. The van der Waals surface area contributed by atoms with Crippen molar-refractivity contribution in [3.05, 3.63) is 71.3 Å². The van der Waals surface area contributed by atoms with Crippen LogP contribution in [0, 0.1) is 0 Å². The van der Waals surface area contributed by atoms with Gasteiger partial charge in [-0.05, 0) is 23.1 Å². The van der Waals surface area contributed by atoms with Gasteiger partial charge in [0.25, 0.3) is 0 Å². The van der Waals surface area contributed by atoms with Crippen LogP contribution in [0.25, 0.3) is 0 Å². The number of hydrogen-bond donors (Lipinski definition) is 0. The van der Waals surface area contributed by atoms with Crippen LogP contribution in [0.2, 0.25) is 0 Å². The Morgan fingerprint density at radius 2 is 1.71 bits per heavy atom. The molecule has 1 aliphatic heterocycles. The second-order valence-electron chi connectivity index (χ2n) is 5.31. The number of benzene rings is 2. The molecule has 21 heavy (non-hydrogen) atoms. The van der Waals surface area contributed by atoms with Gasteiger partial charge in [-0.2, -0.15) is 0 Å². The number of amides is 1. The van der Waals surface area contributed by atoms with Crippen molar-refractivity contribution in [1.29, 1.82) is 0 Å². The van der Waals surface area contributed by atoms with Gasteiger partial charge in [0, 0.05) is 13.1 Å². The van der Waals surface area contributed by atoms with Crippen LogP contribution in [0.5, 0.6) is 0 Å². The maximum atomic E-state index is 12.2. The first-order chi connectivity index (χ1) is 10.3. The molecule has 1 aliphatic rings. The fraction of sp³-hybridized carbons (Fsp3) is 0.278. The lowest BCUT2D eigenvalue weighted by atomic mass is 10.00. The molecule has 0 atom stereocenters. The van der Waals surface area contributed by atoms with Crippen LogP contribution in [0.3, 0.4) is 0 Å². The molecule has 0 fully saturated rings. The monoisotopic (exact) mass is 281 g/mol. The Balaban J connectivity index is 1.50. The quantitative estimate of drug-likeness (QED) is 0.862. The van der Waals surface area contributed by atoms with Crippen molar-refractivity contribution in [2.75, 3.05) is 13.2 Å². The fourth-order valence-corrected chi connectivity index (χ4v) is 2.63. The lowest BCUT2D eigenvalue weighted by Crippen LogP contribution is -2.38. The molecule has 0 spiro atoms. The van der Waals surface area contributed by atoms with Gasteiger partial charge in [-0.25, -0.2) is 0 Å². The van der Waals surface area contributed by atoms with E-state index in [0.717, 1.165) is 18.5 Å². The lowest BCUT2D eigenvalue weighted by molar-refractivity contribution is -0.137. The Kier molecular flexibility index (Phi) is 4.31. The molecule has 2 aromatic carbocycles. The Morgan fingerprint density at radius 3 is 2.52 bits per heavy atom. The summed E-state index contributed by atoms with van der Waals surface area (Å²) >= 11 is 0. The average Bonchev–Trinajstić information content (AvgIpc) is 2.55. The second-order valence-corrected chi connectivity index (χ2v) is 5.31. The molecule has 0 saturated carbocycles. The fourth-order valence-electron chi connectivity index (χ4n) is 2.63. The minimum atomic E-state index is 0.0698. The summed E-state index contributed by atoms with van der Waals surface area (Å²) in [4.78, 5) is 14.1. The van der Waals surface area contributed by atoms with E-state index in [1.807, 2.05) is 41.3 Å². The number of ether oxygens (including phenoxy) is 1. The predicted octanol–water partition coefficient (Wildman–Crippen LogP) is 2.79. The standard InChI is InChI=1S/C18H19NO2/c20-18(14-21-13-15-6-2-1-3-7-15)19-11-10-16-8-4-5-9-17(16)12-19/h1-9H,10-14H2. The van der Waals surface area contributed by atoms with Gasteiger partial charge in [0.2, 0.25) is 5.91 Å². The zero-order chi connectivity index (χ0) is 14.5. The third-order valence-corrected chi connectivity index (χ3v) is 3.82. The van der Waals surface area contributed by atoms with Crippen molar-refractivity contribution in [3.8, 4) is 0 Å². The minimum Gasteiger partial charge on any atom is -0.367 e. The van der Waals surface area contributed by atoms with Crippen molar-refractivity contribution in [1.82, 2.24) is 4.90 Å². The van der Waals surface area contributed by atoms with Crippen LogP contribution in [-0.4, -0.2) is 24.0 Å². The van der Waals surface area contributed by atoms with Crippen LogP contribution in [-0.2, 0) is 29.1 Å². The van der Waals surface area contributed by atoms with Crippen molar-refractivity contribution < 1.29 is 9.53 Å². The highest BCUT2D eigenvalue weighted by molar-refractivity contribution is 5.77. The molecule has 2 aromatic rings. The van der Waals surface area contributed by atoms with Crippen LogP contribution in [0.15, 0.2) is 54.6 Å². The molecule has 0 unspecified atom stereocenters. The van der Waals surface area contributed by atoms with Crippen molar-refractivity contribution in [3.63, 3.8) is 0 Å². The van der Waals surface area contributed by atoms with Gasteiger partial charge in [0.15, 0.2) is 0 Å². The Hall–Kier alpha value is -2.13. The molecule has 0 bridgehead atoms. The van der Waals surface area contributed by atoms with Gasteiger partial charge in [-0.15, -0.1) is 0 Å². The maximum absolute atomic E-state index is 12.2. The van der Waals surface area contributed by atoms with Gasteiger partial charge in [-0.1, -0.05) is 54.6 Å². The number of rotatable bonds is 4. The molecule has 0 aliphatic carbocycles. The third kappa shape index (κ3) is 3.50. The van der Waals surface area contributed by atoms with E-state index in [4.69, 9.17) is 4.74 Å². The SMILES string of the molecule is O=C(COCc1ccccc1)N1CCc2ccccc2C1. The summed E-state index contributed by atoms with van der Waals surface area (Å²) in [7, 11) is 0. The van der Waals surface area contributed by atoms with Crippen LogP contribution in [0.4, 0.5) is 0 Å². The molecule has 1 amide bonds. The van der Waals surface area contributed by atoms with E-state index in [0.29, 0.717) is 13.2 Å². The second kappa shape index (κ2) is 6.55. The van der Waals surface area contributed by atoms with Crippen molar-refractivity contribution in [2.24, 2.45) is 0 Å². The first-order valence-electron chi connectivity index (χ1n) is 7.29. The molecular weight excluding hydrogens is 262 g/mol. The number of fused-ring (bicyclic) bond motifs is 1. The summed E-state index contributed by atoms with van der Waals surface area (Å²) < 4.78 is 5.53. The molecular formula is C18H19NO2. The topological polar surface area (TPSA) is 29.5 Å². The number of carbonyl (C=O) groups excluding carboxylic acids is 1. The number of hydrogen-bond acceptors (Lipinski definition) is 2. The zero-order valence-electron chi connectivity index (χ0n) is 12.0. The van der Waals surface area contributed by atoms with Crippen LogP contribution >= 0.6 is 0 Å². The zero-order valence-corrected chi connectivity index (χ0v) is 12.0. The van der Waals surface area contributed by atoms with Gasteiger partial charge < -0.3 is 9.64 Å². The first kappa shape index (κ1) is 13.8. The highest BCUT2D eigenvalue weighted by atomic mass is 16.5. The number of nitrogens with zero attached hydrogens (tertiary/aromatic N) is 1. The Morgan fingerprint density at radius 1 is 1.00 bits per heavy atom. The molecule has 3 heteroatoms. The summed E-state index contributed by atoms with van der Waals surface area (Å²) in [6, 6.07) is 18.2. The van der Waals surface area contributed by atoms with Gasteiger partial charge in [0.05, 0.1) is 6.61 Å². The van der Waals surface area contributed by atoms with Gasteiger partial charge in [-0.3, -0.25) is 4.79 Å². The van der Waals surface area contributed by atoms with E-state index >= 15 is 0 Å². The van der Waals surface area contributed by atoms with E-state index in [-0.39, 0.29) is 12.5 Å². The Labute approximate surface area is 125 Å². The minimum absolute atomic E-state index is 0.0698. The summed E-state index contributed by atoms with van der Waals surface area (Å²) in [6.07, 6.45) is 0.931. The van der Waals surface area contributed by atoms with Gasteiger partial charge >= 0.3 is 0 Å². The maximum Gasteiger partial charge on any atom is 0.248 e. The molecule has 0 radical (unpaired) electrons. The van der Waals surface area contributed by atoms with E-state index in [1.165, 1.54) is 11.1 Å². The summed E-state index contributed by atoms with van der Waals surface area (Å²) in [5.74, 6) is 0.0698. The molecule has 1 heterocycles. The van der Waals surface area contributed by atoms with Crippen LogP contribution < -0.4 is 0 Å². The van der Waals surface area contributed by atoms with Gasteiger partial charge in [0.1, 0.15) is 6.61 Å². The molecule has 0 N–H and O–H groups in total. The molecule has 0 aromatic heterocycles. The van der Waals surface area contributed by atoms with E-state index in [9.17, 15) is 4.79 Å². The van der Waals surface area contributed by atoms with E-state index < -0.39 is 0 Å². The van der Waals surface area contributed by atoms with Crippen molar-refractivity contribution in [2.45, 2.75) is 19.6 Å². The third-order valence-electron chi connectivity index (χ3n) is 3.82. The van der Waals surface area contributed by atoms with E-state index in [2.05, 4.69) is 18.2 Å². The average molecular weight is 281 g/mol. The first-order valence-corrected chi connectivity index (χ1v) is 7.29. The normalized spacial score (nSPS) is 13.8. The smallest absolute Gasteiger partial charge is 0.248 e. The summed E-state index contributed by atoms with van der Waals surface area (Å²) in [5, 5.41) is 0. The summed E-state index contributed by atoms with van der Waals surface area (Å²) in [6.45, 7) is 2.11. The number of carbonyl (C=O) groups is 1. The highest BCUT2D eigenvalue weighted by Gasteiger charge is 2.20. The molecule has 108 valence electrons. The molecule has 0 saturated heterocycles. The predicted molar refractivity (Wildman–Crippen MR) is 81.7 cm³/mol.